The summed E-state index contributed by atoms with van der Waals surface area (Å²) in [5.74, 6) is -2.32. The van der Waals surface area contributed by atoms with Crippen LogP contribution in [-0.2, 0) is 30.7 Å². The molecule has 0 unspecified atom stereocenters. The van der Waals surface area contributed by atoms with Gasteiger partial charge in [0.05, 0.1) is 22.9 Å². The molecule has 0 saturated heterocycles. The monoisotopic (exact) mass is 571 g/mol. The van der Waals surface area contributed by atoms with Gasteiger partial charge in [-0.3, -0.25) is 29.4 Å². The number of rotatable bonds is 12. The first kappa shape index (κ1) is 29.7. The fraction of sp³-hybridized carbons (Fsp3) is 0.280. The minimum Gasteiger partial charge on any atom is -0.388 e. The van der Waals surface area contributed by atoms with Crippen LogP contribution < -0.4 is 26.6 Å². The maximum absolute atomic E-state index is 13.7. The summed E-state index contributed by atoms with van der Waals surface area (Å²) in [4.78, 5) is 63.8. The van der Waals surface area contributed by atoms with Crippen LogP contribution >= 0.6 is 11.6 Å². The van der Waals surface area contributed by atoms with Crippen molar-refractivity contribution in [2.75, 3.05) is 28.0 Å². The standard InChI is InChI=1S/C25H30ClN9O5/c1-32-11-15(30-14-36)8-18(32)24(39)31-16-9-20(33(2)12-16)25(40)35(22(37)4-6-26)17-10-19(34(3)13-17)23(38)29-7-5-21(27)28/h8-14H,4-7H2,1-3H3,(H3,27,28)(H,29,38)(H,30,36)(H,31,39). The van der Waals surface area contributed by atoms with E-state index in [1.807, 2.05) is 0 Å². The van der Waals surface area contributed by atoms with Crippen LogP contribution in [0, 0.1) is 5.41 Å². The fourth-order valence-electron chi connectivity index (χ4n) is 3.96. The van der Waals surface area contributed by atoms with Gasteiger partial charge >= 0.3 is 0 Å². The average Bonchev–Trinajstić information content (AvgIpc) is 3.55. The number of nitrogens with two attached hydrogens (primary N) is 1. The van der Waals surface area contributed by atoms with Crippen molar-refractivity contribution in [3.05, 3.63) is 53.9 Å². The van der Waals surface area contributed by atoms with Gasteiger partial charge in [0.2, 0.25) is 12.3 Å². The minimum atomic E-state index is -0.691. The van der Waals surface area contributed by atoms with Crippen LogP contribution in [0.5, 0.6) is 0 Å². The SMILES string of the molecule is Cn1cc(N(C(=O)CCCl)C(=O)c2cc(NC(=O)c3cc(NC=O)cn3C)cn2C)cc1C(=O)NCCC(=N)N. The minimum absolute atomic E-state index is 0.0279. The quantitative estimate of drug-likeness (QED) is 0.0944. The highest BCUT2D eigenvalue weighted by Gasteiger charge is 2.29. The van der Waals surface area contributed by atoms with E-state index in [0.29, 0.717) is 17.8 Å². The predicted molar refractivity (Wildman–Crippen MR) is 150 cm³/mol. The normalized spacial score (nSPS) is 10.6. The summed E-state index contributed by atoms with van der Waals surface area (Å²) in [6, 6.07) is 4.32. The molecule has 0 spiro atoms. The van der Waals surface area contributed by atoms with E-state index in [4.69, 9.17) is 22.7 Å². The van der Waals surface area contributed by atoms with E-state index >= 15 is 0 Å². The molecule has 0 atom stereocenters. The van der Waals surface area contributed by atoms with Crippen LogP contribution in [0.1, 0.15) is 44.3 Å². The lowest BCUT2D eigenvalue weighted by Crippen LogP contribution is -2.38. The van der Waals surface area contributed by atoms with Gasteiger partial charge in [-0.25, -0.2) is 4.90 Å². The van der Waals surface area contributed by atoms with Crippen LogP contribution in [0.3, 0.4) is 0 Å². The molecule has 0 aliphatic heterocycles. The second-order valence-electron chi connectivity index (χ2n) is 8.87. The van der Waals surface area contributed by atoms with Crippen molar-refractivity contribution in [1.29, 1.82) is 5.41 Å². The van der Waals surface area contributed by atoms with E-state index in [9.17, 15) is 24.0 Å². The summed E-state index contributed by atoms with van der Waals surface area (Å²) in [6.45, 7) is 0.151. The van der Waals surface area contributed by atoms with Gasteiger partial charge in [-0.15, -0.1) is 11.6 Å². The van der Waals surface area contributed by atoms with Crippen molar-refractivity contribution >= 4 is 64.5 Å². The number of anilines is 3. The van der Waals surface area contributed by atoms with Crippen LogP contribution in [0.15, 0.2) is 36.8 Å². The van der Waals surface area contributed by atoms with Gasteiger partial charge in [0, 0.05) is 65.0 Å². The van der Waals surface area contributed by atoms with Crippen molar-refractivity contribution in [3.8, 4) is 0 Å². The number of nitrogens with zero attached hydrogens (tertiary/aromatic N) is 4. The highest BCUT2D eigenvalue weighted by Crippen LogP contribution is 2.24. The third kappa shape index (κ3) is 6.77. The third-order valence-electron chi connectivity index (χ3n) is 5.87. The van der Waals surface area contributed by atoms with Crippen molar-refractivity contribution in [3.63, 3.8) is 0 Å². The Bertz CT molecular complexity index is 1470. The molecule has 0 aliphatic carbocycles. The molecule has 15 heteroatoms. The molecule has 212 valence electrons. The smallest absolute Gasteiger partial charge is 0.281 e. The van der Waals surface area contributed by atoms with Crippen molar-refractivity contribution in [1.82, 2.24) is 19.0 Å². The number of amides is 5. The number of aryl methyl sites for hydroxylation is 3. The molecule has 40 heavy (non-hydrogen) atoms. The van der Waals surface area contributed by atoms with Gasteiger partial charge in [0.1, 0.15) is 17.1 Å². The molecule has 5 amide bonds. The lowest BCUT2D eigenvalue weighted by molar-refractivity contribution is -0.117. The van der Waals surface area contributed by atoms with Gasteiger partial charge < -0.3 is 35.4 Å². The van der Waals surface area contributed by atoms with Crippen LogP contribution in [0.4, 0.5) is 17.1 Å². The van der Waals surface area contributed by atoms with Gasteiger partial charge in [-0.1, -0.05) is 0 Å². The number of hydrogen-bond acceptors (Lipinski definition) is 6. The highest BCUT2D eigenvalue weighted by molar-refractivity contribution is 6.24. The number of amidine groups is 1. The maximum Gasteiger partial charge on any atom is 0.281 e. The third-order valence-corrected chi connectivity index (χ3v) is 6.06. The first-order chi connectivity index (χ1) is 19.0. The van der Waals surface area contributed by atoms with E-state index in [-0.39, 0.29) is 53.9 Å². The topological polar surface area (TPSA) is 189 Å². The van der Waals surface area contributed by atoms with Gasteiger partial charge in [0.25, 0.3) is 17.7 Å². The molecule has 3 aromatic rings. The first-order valence-corrected chi connectivity index (χ1v) is 12.5. The Kier molecular flexibility index (Phi) is 9.50. The first-order valence-electron chi connectivity index (χ1n) is 12.0. The Morgan fingerprint density at radius 2 is 1.52 bits per heavy atom. The Balaban J connectivity index is 1.87. The molecule has 0 fully saturated rings. The van der Waals surface area contributed by atoms with Gasteiger partial charge in [-0.05, 0) is 18.2 Å². The number of halogens is 1. The molecular formula is C25H30ClN9O5. The predicted octanol–water partition coefficient (Wildman–Crippen LogP) is 1.38. The number of alkyl halides is 1. The van der Waals surface area contributed by atoms with Gasteiger partial charge in [-0.2, -0.15) is 0 Å². The summed E-state index contributed by atoms with van der Waals surface area (Å²) in [5.41, 5.74) is 6.75. The number of hydrogen-bond donors (Lipinski definition) is 5. The van der Waals surface area contributed by atoms with Crippen LogP contribution in [0.25, 0.3) is 0 Å². The molecule has 0 bridgehead atoms. The summed E-state index contributed by atoms with van der Waals surface area (Å²) < 4.78 is 4.46. The Morgan fingerprint density at radius 1 is 0.925 bits per heavy atom. The zero-order valence-electron chi connectivity index (χ0n) is 22.2. The van der Waals surface area contributed by atoms with Crippen molar-refractivity contribution in [2.45, 2.75) is 12.8 Å². The molecule has 3 heterocycles. The lowest BCUT2D eigenvalue weighted by atomic mass is 10.2. The van der Waals surface area contributed by atoms with Crippen LogP contribution in [0.2, 0.25) is 0 Å². The maximum atomic E-state index is 13.7. The number of nitrogens with one attached hydrogen (secondary N) is 4. The Labute approximate surface area is 234 Å². The molecule has 14 nitrogen and oxygen atoms in total. The molecular weight excluding hydrogens is 542 g/mol. The Hall–Kier alpha value is -4.85. The van der Waals surface area contributed by atoms with Crippen molar-refractivity contribution < 1.29 is 24.0 Å². The second kappa shape index (κ2) is 12.8. The molecule has 3 rings (SSSR count). The van der Waals surface area contributed by atoms with Crippen molar-refractivity contribution in [2.24, 2.45) is 26.9 Å². The Morgan fingerprint density at radius 3 is 2.17 bits per heavy atom. The average molecular weight is 572 g/mol. The number of carbonyl (C=O) groups is 5. The fourth-order valence-corrected chi connectivity index (χ4v) is 4.12. The van der Waals surface area contributed by atoms with E-state index in [1.54, 1.807) is 27.3 Å². The zero-order valence-corrected chi connectivity index (χ0v) is 22.9. The zero-order chi connectivity index (χ0) is 29.6. The molecule has 0 radical (unpaired) electrons. The lowest BCUT2D eigenvalue weighted by Gasteiger charge is -2.19. The summed E-state index contributed by atoms with van der Waals surface area (Å²) >= 11 is 5.80. The summed E-state index contributed by atoms with van der Waals surface area (Å²) in [6.07, 6.45) is 5.09. The molecule has 0 aromatic carbocycles. The summed E-state index contributed by atoms with van der Waals surface area (Å²) in [7, 11) is 4.82. The molecule has 6 N–H and O–H groups in total. The van der Waals surface area contributed by atoms with E-state index < -0.39 is 23.6 Å². The second-order valence-corrected chi connectivity index (χ2v) is 9.24. The van der Waals surface area contributed by atoms with E-state index in [0.717, 1.165) is 4.90 Å². The number of imide groups is 1. The van der Waals surface area contributed by atoms with Gasteiger partial charge in [0.15, 0.2) is 0 Å². The molecule has 3 aromatic heterocycles. The number of aromatic nitrogens is 3. The molecule has 0 saturated carbocycles. The van der Waals surface area contributed by atoms with Crippen LogP contribution in [-0.4, -0.2) is 62.0 Å². The highest BCUT2D eigenvalue weighted by atomic mass is 35.5. The van der Waals surface area contributed by atoms with E-state index in [1.165, 1.54) is 44.3 Å². The van der Waals surface area contributed by atoms with E-state index in [2.05, 4.69) is 16.0 Å². The summed E-state index contributed by atoms with van der Waals surface area (Å²) in [5, 5.41) is 15.1. The molecule has 0 aliphatic rings. The number of carbonyl (C=O) groups excluding carboxylic acids is 5. The largest absolute Gasteiger partial charge is 0.388 e.